The van der Waals surface area contributed by atoms with Crippen molar-refractivity contribution in [2.45, 2.75) is 0 Å². The van der Waals surface area contributed by atoms with Gasteiger partial charge in [0.25, 0.3) is 0 Å². The van der Waals surface area contributed by atoms with E-state index in [-0.39, 0.29) is 16.8 Å². The van der Waals surface area contributed by atoms with Gasteiger partial charge in [-0.05, 0) is 57.9 Å². The summed E-state index contributed by atoms with van der Waals surface area (Å²) in [5.74, 6) is -0.0331. The number of nitrogen functional groups attached to an aromatic ring is 1. The van der Waals surface area contributed by atoms with Crippen molar-refractivity contribution in [1.29, 1.82) is 0 Å². The molecule has 0 radical (unpaired) electrons. The zero-order chi connectivity index (χ0) is 11.7. The molecule has 5 heteroatoms. The first-order valence-corrected chi connectivity index (χ1v) is 5.60. The van der Waals surface area contributed by atoms with Gasteiger partial charge in [-0.15, -0.1) is 0 Å². The van der Waals surface area contributed by atoms with Crippen LogP contribution >= 0.6 is 27.5 Å². The number of nitrogens with two attached hydrogens (primary N) is 1. The van der Waals surface area contributed by atoms with Crippen LogP contribution in [0.2, 0.25) is 5.22 Å². The number of carbonyl (C=O) groups excluding carboxylic acids is 1. The molecule has 16 heavy (non-hydrogen) atoms. The standard InChI is InChI=1S/C11H7BrClNO2/c12-8-5-6(14)1-2-7(8)11(15)9-3-4-10(13)16-9/h1-5H,14H2. The maximum absolute atomic E-state index is 12.0. The minimum Gasteiger partial charge on any atom is -0.441 e. The fourth-order valence-electron chi connectivity index (χ4n) is 1.28. The summed E-state index contributed by atoms with van der Waals surface area (Å²) in [4.78, 5) is 12.0. The third-order valence-corrected chi connectivity index (χ3v) is 2.89. The number of hydrogen-bond acceptors (Lipinski definition) is 3. The highest BCUT2D eigenvalue weighted by Crippen LogP contribution is 2.24. The molecule has 0 atom stereocenters. The average molecular weight is 301 g/mol. The summed E-state index contributed by atoms with van der Waals surface area (Å²) in [5.41, 5.74) is 6.66. The molecule has 0 unspecified atom stereocenters. The molecule has 2 aromatic rings. The number of anilines is 1. The monoisotopic (exact) mass is 299 g/mol. The van der Waals surface area contributed by atoms with E-state index in [9.17, 15) is 4.79 Å². The molecule has 2 N–H and O–H groups in total. The van der Waals surface area contributed by atoms with Crippen LogP contribution in [-0.2, 0) is 0 Å². The Hall–Kier alpha value is -1.26. The summed E-state index contributed by atoms with van der Waals surface area (Å²) in [6.07, 6.45) is 0. The molecule has 1 heterocycles. The minimum absolute atomic E-state index is 0.190. The van der Waals surface area contributed by atoms with E-state index in [1.807, 2.05) is 0 Å². The smallest absolute Gasteiger partial charge is 0.229 e. The van der Waals surface area contributed by atoms with E-state index in [0.29, 0.717) is 15.7 Å². The number of furan rings is 1. The Morgan fingerprint density at radius 1 is 1.31 bits per heavy atom. The van der Waals surface area contributed by atoms with E-state index in [1.54, 1.807) is 18.2 Å². The second-order valence-electron chi connectivity index (χ2n) is 3.17. The number of hydrogen-bond donors (Lipinski definition) is 1. The summed E-state index contributed by atoms with van der Waals surface area (Å²) in [6.45, 7) is 0. The topological polar surface area (TPSA) is 56.2 Å². The molecule has 0 aliphatic rings. The lowest BCUT2D eigenvalue weighted by molar-refractivity contribution is 0.101. The molecule has 1 aromatic carbocycles. The fraction of sp³-hybridized carbons (Fsp3) is 0. The highest BCUT2D eigenvalue weighted by atomic mass is 79.9. The van der Waals surface area contributed by atoms with Crippen molar-refractivity contribution in [2.24, 2.45) is 0 Å². The van der Waals surface area contributed by atoms with Crippen molar-refractivity contribution in [1.82, 2.24) is 0 Å². The van der Waals surface area contributed by atoms with Crippen LogP contribution in [0.25, 0.3) is 0 Å². The van der Waals surface area contributed by atoms with Crippen LogP contribution in [0.1, 0.15) is 16.1 Å². The van der Waals surface area contributed by atoms with Gasteiger partial charge < -0.3 is 10.2 Å². The molecule has 0 saturated heterocycles. The zero-order valence-corrected chi connectivity index (χ0v) is 10.4. The molecule has 0 saturated carbocycles. The van der Waals surface area contributed by atoms with E-state index < -0.39 is 0 Å². The normalized spacial score (nSPS) is 10.4. The quantitative estimate of drug-likeness (QED) is 0.682. The fourth-order valence-corrected chi connectivity index (χ4v) is 2.01. The van der Waals surface area contributed by atoms with Crippen molar-refractivity contribution >= 4 is 39.0 Å². The molecule has 0 spiro atoms. The van der Waals surface area contributed by atoms with Crippen molar-refractivity contribution in [3.05, 3.63) is 51.3 Å². The van der Waals surface area contributed by atoms with Crippen molar-refractivity contribution in [3.63, 3.8) is 0 Å². The minimum atomic E-state index is -0.237. The van der Waals surface area contributed by atoms with Crippen molar-refractivity contribution < 1.29 is 9.21 Å². The molecule has 0 bridgehead atoms. The predicted octanol–water partition coefficient (Wildman–Crippen LogP) is 3.51. The van der Waals surface area contributed by atoms with E-state index in [1.165, 1.54) is 12.1 Å². The second-order valence-corrected chi connectivity index (χ2v) is 4.40. The number of benzene rings is 1. The highest BCUT2D eigenvalue weighted by molar-refractivity contribution is 9.10. The van der Waals surface area contributed by atoms with Crippen LogP contribution in [0.15, 0.2) is 39.2 Å². The van der Waals surface area contributed by atoms with Gasteiger partial charge in [-0.25, -0.2) is 0 Å². The summed E-state index contributed by atoms with van der Waals surface area (Å²) < 4.78 is 5.68. The molecule has 0 aliphatic carbocycles. The number of carbonyl (C=O) groups is 1. The first-order valence-electron chi connectivity index (χ1n) is 4.43. The van der Waals surface area contributed by atoms with Gasteiger partial charge in [-0.3, -0.25) is 4.79 Å². The lowest BCUT2D eigenvalue weighted by Crippen LogP contribution is -2.01. The van der Waals surface area contributed by atoms with E-state index in [0.717, 1.165) is 0 Å². The molecule has 3 nitrogen and oxygen atoms in total. The number of rotatable bonds is 2. The maximum Gasteiger partial charge on any atom is 0.229 e. The third kappa shape index (κ3) is 2.13. The van der Waals surface area contributed by atoms with Crippen LogP contribution in [-0.4, -0.2) is 5.78 Å². The van der Waals surface area contributed by atoms with E-state index >= 15 is 0 Å². The second kappa shape index (κ2) is 4.31. The third-order valence-electron chi connectivity index (χ3n) is 2.03. The van der Waals surface area contributed by atoms with Crippen molar-refractivity contribution in [2.75, 3.05) is 5.73 Å². The molecule has 2 rings (SSSR count). The Labute approximate surface area is 105 Å². The van der Waals surface area contributed by atoms with Crippen LogP contribution in [0.4, 0.5) is 5.69 Å². The lowest BCUT2D eigenvalue weighted by atomic mass is 10.1. The molecule has 1 aromatic heterocycles. The molecular formula is C11H7BrClNO2. The average Bonchev–Trinajstić information content (AvgIpc) is 2.64. The largest absolute Gasteiger partial charge is 0.441 e. The van der Waals surface area contributed by atoms with E-state index in [2.05, 4.69) is 15.9 Å². The van der Waals surface area contributed by atoms with Gasteiger partial charge >= 0.3 is 0 Å². The van der Waals surface area contributed by atoms with Crippen molar-refractivity contribution in [3.8, 4) is 0 Å². The number of halogens is 2. The summed E-state index contributed by atoms with van der Waals surface area (Å²) in [7, 11) is 0. The summed E-state index contributed by atoms with van der Waals surface area (Å²) >= 11 is 8.88. The van der Waals surface area contributed by atoms with Gasteiger partial charge in [0.05, 0.1) is 0 Å². The Kier molecular flexibility index (Phi) is 3.03. The molecule has 0 fully saturated rings. The predicted molar refractivity (Wildman–Crippen MR) is 65.7 cm³/mol. The molecule has 0 aliphatic heterocycles. The maximum atomic E-state index is 12.0. The Balaban J connectivity index is 2.41. The highest BCUT2D eigenvalue weighted by Gasteiger charge is 2.16. The van der Waals surface area contributed by atoms with Gasteiger partial charge in [0, 0.05) is 15.7 Å². The Bertz CT molecular complexity index is 551. The SMILES string of the molecule is Nc1ccc(C(=O)c2ccc(Cl)o2)c(Br)c1. The van der Waals surface area contributed by atoms with Gasteiger partial charge in [-0.2, -0.15) is 0 Å². The van der Waals surface area contributed by atoms with Gasteiger partial charge in [-0.1, -0.05) is 0 Å². The summed E-state index contributed by atoms with van der Waals surface area (Å²) in [5, 5.41) is 0.190. The first-order chi connectivity index (χ1) is 7.58. The molecule has 82 valence electrons. The lowest BCUT2D eigenvalue weighted by Gasteiger charge is -2.02. The van der Waals surface area contributed by atoms with Gasteiger partial charge in [0.1, 0.15) is 0 Å². The molecular weight excluding hydrogens is 293 g/mol. The van der Waals surface area contributed by atoms with Gasteiger partial charge in [0.2, 0.25) is 5.78 Å². The Morgan fingerprint density at radius 3 is 2.62 bits per heavy atom. The number of ketones is 1. The van der Waals surface area contributed by atoms with Crippen LogP contribution in [0, 0.1) is 0 Å². The van der Waals surface area contributed by atoms with Crippen LogP contribution in [0.3, 0.4) is 0 Å². The zero-order valence-electron chi connectivity index (χ0n) is 8.04. The Morgan fingerprint density at radius 2 is 2.06 bits per heavy atom. The van der Waals surface area contributed by atoms with E-state index in [4.69, 9.17) is 21.8 Å². The van der Waals surface area contributed by atoms with Gasteiger partial charge in [0.15, 0.2) is 11.0 Å². The van der Waals surface area contributed by atoms with Crippen LogP contribution in [0.5, 0.6) is 0 Å². The van der Waals surface area contributed by atoms with Crippen LogP contribution < -0.4 is 5.73 Å². The molecule has 0 amide bonds. The first kappa shape index (κ1) is 11.2. The summed E-state index contributed by atoms with van der Waals surface area (Å²) in [6, 6.07) is 8.02.